The van der Waals surface area contributed by atoms with Crippen LogP contribution in [0, 0.1) is 0 Å². The van der Waals surface area contributed by atoms with E-state index in [2.05, 4.69) is 31.3 Å². The Kier molecular flexibility index (Phi) is 38.6. The molecule has 406 valence electrons. The van der Waals surface area contributed by atoms with E-state index in [-0.39, 0.29) is 18.9 Å². The number of hydrogen-bond donors (Lipinski definition) is 9. The Hall–Kier alpha value is -1.53. The molecule has 14 heteroatoms. The predicted molar refractivity (Wildman–Crippen MR) is 272 cm³/mol. The van der Waals surface area contributed by atoms with E-state index in [4.69, 9.17) is 18.9 Å². The topological polar surface area (TPSA) is 228 Å². The molecule has 14 nitrogen and oxygen atoms in total. The largest absolute Gasteiger partial charge is 0.394 e. The number of allylic oxidation sites excluding steroid dienone is 3. The lowest BCUT2D eigenvalue weighted by atomic mass is 9.97. The maximum Gasteiger partial charge on any atom is 0.220 e. The van der Waals surface area contributed by atoms with Gasteiger partial charge in [-0.25, -0.2) is 0 Å². The van der Waals surface area contributed by atoms with Crippen LogP contribution in [-0.4, -0.2) is 140 Å². The summed E-state index contributed by atoms with van der Waals surface area (Å²) in [5.74, 6) is -0.246. The summed E-state index contributed by atoms with van der Waals surface area (Å²) < 4.78 is 22.5. The van der Waals surface area contributed by atoms with Gasteiger partial charge in [0.05, 0.1) is 32.0 Å². The van der Waals surface area contributed by atoms with Crippen LogP contribution >= 0.6 is 0 Å². The number of hydrogen-bond acceptors (Lipinski definition) is 13. The lowest BCUT2D eigenvalue weighted by Crippen LogP contribution is -2.65. The highest BCUT2D eigenvalue weighted by Gasteiger charge is 2.51. The molecular weight excluding hydrogens is 883 g/mol. The third-order valence-electron chi connectivity index (χ3n) is 13.9. The van der Waals surface area contributed by atoms with Crippen LogP contribution in [0.3, 0.4) is 0 Å². The lowest BCUT2D eigenvalue weighted by molar-refractivity contribution is -0.359. The van der Waals surface area contributed by atoms with Gasteiger partial charge in [-0.05, 0) is 38.5 Å². The standard InChI is InChI=1S/C55H103NO13/c1-3-5-7-9-10-11-12-13-14-15-16-17-18-19-20-21-22-23-24-25-26-27-28-29-30-31-32-33-34-35-37-39-47(60)56-43(44(59)38-36-8-6-4-2)42-66-54-52(65)50(63)53(46(41-58)68-54)69-55-51(64)49(62)48(61)45(40-57)67-55/h15-16,36,38,43-46,48-55,57-59,61-65H,3-14,17-35,37,39-42H2,1-2H3,(H,56,60)/b16-15-,38-36+. The van der Waals surface area contributed by atoms with Gasteiger partial charge in [-0.15, -0.1) is 0 Å². The van der Waals surface area contributed by atoms with Gasteiger partial charge in [-0.1, -0.05) is 205 Å². The fourth-order valence-corrected chi connectivity index (χ4v) is 9.27. The normalized spacial score (nSPS) is 26.3. The minimum absolute atomic E-state index is 0.246. The molecule has 69 heavy (non-hydrogen) atoms. The van der Waals surface area contributed by atoms with E-state index in [1.54, 1.807) is 6.08 Å². The molecule has 0 aromatic rings. The molecule has 2 aliphatic rings. The number of rotatable bonds is 44. The Morgan fingerprint density at radius 3 is 1.41 bits per heavy atom. The van der Waals surface area contributed by atoms with Crippen LogP contribution in [0.15, 0.2) is 24.3 Å². The van der Waals surface area contributed by atoms with E-state index >= 15 is 0 Å². The van der Waals surface area contributed by atoms with Gasteiger partial charge in [0, 0.05) is 6.42 Å². The molecule has 0 aromatic heterocycles. The van der Waals surface area contributed by atoms with Gasteiger partial charge in [0.1, 0.15) is 48.8 Å². The molecule has 1 amide bonds. The van der Waals surface area contributed by atoms with Crippen molar-refractivity contribution in [1.29, 1.82) is 0 Å². The minimum Gasteiger partial charge on any atom is -0.394 e. The van der Waals surface area contributed by atoms with Crippen LogP contribution < -0.4 is 5.32 Å². The first-order valence-corrected chi connectivity index (χ1v) is 28.1. The van der Waals surface area contributed by atoms with E-state index in [1.807, 2.05) is 6.08 Å². The van der Waals surface area contributed by atoms with Gasteiger partial charge >= 0.3 is 0 Å². The van der Waals surface area contributed by atoms with Crippen molar-refractivity contribution in [2.24, 2.45) is 0 Å². The number of ether oxygens (including phenoxy) is 4. The predicted octanol–water partition coefficient (Wildman–Crippen LogP) is 8.50. The van der Waals surface area contributed by atoms with Crippen LogP contribution in [0.2, 0.25) is 0 Å². The zero-order chi connectivity index (χ0) is 50.3. The van der Waals surface area contributed by atoms with Crippen molar-refractivity contribution in [3.05, 3.63) is 24.3 Å². The van der Waals surface area contributed by atoms with Crippen molar-refractivity contribution in [1.82, 2.24) is 5.32 Å². The van der Waals surface area contributed by atoms with E-state index in [0.717, 1.165) is 38.5 Å². The fraction of sp³-hybridized carbons (Fsp3) is 0.909. The van der Waals surface area contributed by atoms with E-state index in [9.17, 15) is 45.6 Å². The highest BCUT2D eigenvalue weighted by molar-refractivity contribution is 5.76. The number of aliphatic hydroxyl groups excluding tert-OH is 8. The van der Waals surface area contributed by atoms with Crippen LogP contribution in [0.5, 0.6) is 0 Å². The minimum atomic E-state index is -1.78. The lowest BCUT2D eigenvalue weighted by Gasteiger charge is -2.46. The summed E-state index contributed by atoms with van der Waals surface area (Å²) in [5, 5.41) is 86.1. The Morgan fingerprint density at radius 1 is 0.507 bits per heavy atom. The first-order chi connectivity index (χ1) is 33.6. The monoisotopic (exact) mass is 986 g/mol. The summed E-state index contributed by atoms with van der Waals surface area (Å²) in [6.07, 6.45) is 32.0. The fourth-order valence-electron chi connectivity index (χ4n) is 9.27. The second kappa shape index (κ2) is 41.9. The molecule has 2 heterocycles. The number of nitrogens with one attached hydrogen (secondary N) is 1. The molecule has 2 saturated heterocycles. The zero-order valence-electron chi connectivity index (χ0n) is 43.3. The van der Waals surface area contributed by atoms with Crippen LogP contribution in [0.25, 0.3) is 0 Å². The Balaban J connectivity index is 1.53. The molecular formula is C55H103NO13. The molecule has 0 spiro atoms. The molecule has 0 radical (unpaired) electrons. The van der Waals surface area contributed by atoms with E-state index < -0.39 is 86.8 Å². The molecule has 9 N–H and O–H groups in total. The summed E-state index contributed by atoms with van der Waals surface area (Å²) in [7, 11) is 0. The molecule has 2 aliphatic heterocycles. The second-order valence-electron chi connectivity index (χ2n) is 20.1. The molecule has 2 rings (SSSR count). The second-order valence-corrected chi connectivity index (χ2v) is 20.1. The summed E-state index contributed by atoms with van der Waals surface area (Å²) >= 11 is 0. The average Bonchev–Trinajstić information content (AvgIpc) is 3.35. The van der Waals surface area contributed by atoms with Crippen molar-refractivity contribution in [3.8, 4) is 0 Å². The first-order valence-electron chi connectivity index (χ1n) is 28.1. The van der Waals surface area contributed by atoms with E-state index in [1.165, 1.54) is 161 Å². The highest BCUT2D eigenvalue weighted by atomic mass is 16.7. The van der Waals surface area contributed by atoms with Gasteiger partial charge < -0.3 is 65.1 Å². The quantitative estimate of drug-likeness (QED) is 0.0206. The summed E-state index contributed by atoms with van der Waals surface area (Å²) in [4.78, 5) is 13.1. The number of carbonyl (C=O) groups is 1. The summed E-state index contributed by atoms with van der Waals surface area (Å²) in [6.45, 7) is 2.63. The number of carbonyl (C=O) groups excluding carboxylic acids is 1. The molecule has 0 saturated carbocycles. The summed E-state index contributed by atoms with van der Waals surface area (Å²) in [5.41, 5.74) is 0. The van der Waals surface area contributed by atoms with Crippen LogP contribution in [0.1, 0.15) is 226 Å². The Morgan fingerprint density at radius 2 is 0.928 bits per heavy atom. The third-order valence-corrected chi connectivity index (χ3v) is 13.9. The van der Waals surface area contributed by atoms with Crippen molar-refractivity contribution in [2.45, 2.75) is 299 Å². The van der Waals surface area contributed by atoms with Crippen LogP contribution in [-0.2, 0) is 23.7 Å². The molecule has 12 atom stereocenters. The Bertz CT molecular complexity index is 1260. The molecule has 12 unspecified atom stereocenters. The number of aliphatic hydroxyl groups is 8. The van der Waals surface area contributed by atoms with Crippen molar-refractivity contribution in [3.63, 3.8) is 0 Å². The third kappa shape index (κ3) is 28.5. The number of amides is 1. The van der Waals surface area contributed by atoms with E-state index in [0.29, 0.717) is 6.42 Å². The molecule has 0 bridgehead atoms. The first kappa shape index (κ1) is 63.6. The van der Waals surface area contributed by atoms with Crippen molar-refractivity contribution >= 4 is 5.91 Å². The van der Waals surface area contributed by atoms with Crippen molar-refractivity contribution in [2.75, 3.05) is 19.8 Å². The van der Waals surface area contributed by atoms with Gasteiger partial charge in [0.15, 0.2) is 12.6 Å². The van der Waals surface area contributed by atoms with Crippen LogP contribution in [0.4, 0.5) is 0 Å². The SMILES string of the molecule is CCCC/C=C/C(O)C(COC1OC(CO)C(OC2OC(CO)C(O)C(O)C2O)C(O)C1O)NC(=O)CCCCCCCCCCCCCCCCCCCCC/C=C\CCCCCCCCCC. The van der Waals surface area contributed by atoms with Crippen molar-refractivity contribution < 1.29 is 64.6 Å². The van der Waals surface area contributed by atoms with Gasteiger partial charge in [-0.2, -0.15) is 0 Å². The maximum atomic E-state index is 13.1. The molecule has 2 fully saturated rings. The smallest absolute Gasteiger partial charge is 0.220 e. The highest BCUT2D eigenvalue weighted by Crippen LogP contribution is 2.30. The number of unbranched alkanes of at least 4 members (excludes halogenated alkanes) is 29. The average molecular weight is 986 g/mol. The van der Waals surface area contributed by atoms with Gasteiger partial charge in [-0.3, -0.25) is 4.79 Å². The zero-order valence-corrected chi connectivity index (χ0v) is 43.3. The Labute approximate surface area is 418 Å². The van der Waals surface area contributed by atoms with Gasteiger partial charge in [0.25, 0.3) is 0 Å². The molecule has 0 aliphatic carbocycles. The van der Waals surface area contributed by atoms with Gasteiger partial charge in [0.2, 0.25) is 5.91 Å². The maximum absolute atomic E-state index is 13.1. The summed E-state index contributed by atoms with van der Waals surface area (Å²) in [6, 6.07) is -0.907. The molecule has 0 aromatic carbocycles.